The molecule has 15 heavy (non-hydrogen) atoms. The van der Waals surface area contributed by atoms with Crippen LogP contribution in [0.1, 0.15) is 18.2 Å². The Bertz CT molecular complexity index is 308. The first kappa shape index (κ1) is 11.7. The first-order valence-corrected chi connectivity index (χ1v) is 4.80. The Morgan fingerprint density at radius 2 is 2.33 bits per heavy atom. The van der Waals surface area contributed by atoms with Crippen molar-refractivity contribution in [1.29, 1.82) is 0 Å². The van der Waals surface area contributed by atoms with Crippen LogP contribution >= 0.6 is 0 Å². The predicted molar refractivity (Wildman–Crippen MR) is 57.4 cm³/mol. The van der Waals surface area contributed by atoms with Crippen LogP contribution in [0, 0.1) is 0 Å². The van der Waals surface area contributed by atoms with Crippen LogP contribution in [0.3, 0.4) is 0 Å². The molecular formula is C10H17N3O2. The molecule has 2 atom stereocenters. The molecule has 5 nitrogen and oxygen atoms in total. The van der Waals surface area contributed by atoms with E-state index in [0.717, 1.165) is 5.69 Å². The molecule has 0 saturated heterocycles. The van der Waals surface area contributed by atoms with Crippen molar-refractivity contribution in [2.24, 2.45) is 5.73 Å². The molecule has 0 fully saturated rings. The number of nitrogens with zero attached hydrogens (tertiary/aromatic N) is 1. The minimum absolute atomic E-state index is 0.00565. The fraction of sp³-hybridized carbons (Fsp3) is 0.500. The maximum absolute atomic E-state index is 10.7. The van der Waals surface area contributed by atoms with E-state index in [-0.39, 0.29) is 6.04 Å². The lowest BCUT2D eigenvalue weighted by Gasteiger charge is -2.24. The second kappa shape index (κ2) is 4.95. The van der Waals surface area contributed by atoms with E-state index in [2.05, 4.69) is 4.98 Å². The molecule has 5 heteroatoms. The number of hydrogen-bond donors (Lipinski definition) is 3. The molecule has 0 aliphatic heterocycles. The molecule has 1 rings (SSSR count). The van der Waals surface area contributed by atoms with E-state index in [0.29, 0.717) is 6.42 Å². The fourth-order valence-corrected chi connectivity index (χ4v) is 1.51. The Labute approximate surface area is 88.9 Å². The van der Waals surface area contributed by atoms with E-state index in [4.69, 9.17) is 10.8 Å². The summed E-state index contributed by atoms with van der Waals surface area (Å²) in [5.41, 5.74) is 6.50. The number of carboxylic acids is 1. The minimum atomic E-state index is -0.964. The average molecular weight is 211 g/mol. The van der Waals surface area contributed by atoms with Gasteiger partial charge in [0.15, 0.2) is 0 Å². The first-order valence-electron chi connectivity index (χ1n) is 4.80. The van der Waals surface area contributed by atoms with Crippen LogP contribution in [-0.4, -0.2) is 41.1 Å². The van der Waals surface area contributed by atoms with Gasteiger partial charge in [-0.1, -0.05) is 0 Å². The summed E-state index contributed by atoms with van der Waals surface area (Å²) in [7, 11) is 3.81. The zero-order valence-electron chi connectivity index (χ0n) is 8.97. The molecule has 1 heterocycles. The van der Waals surface area contributed by atoms with Crippen LogP contribution in [0.4, 0.5) is 0 Å². The van der Waals surface area contributed by atoms with Crippen molar-refractivity contribution < 1.29 is 9.90 Å². The number of carbonyl (C=O) groups is 1. The van der Waals surface area contributed by atoms with E-state index < -0.39 is 12.0 Å². The van der Waals surface area contributed by atoms with Crippen LogP contribution in [0.5, 0.6) is 0 Å². The van der Waals surface area contributed by atoms with E-state index in [1.165, 1.54) is 0 Å². The summed E-state index contributed by atoms with van der Waals surface area (Å²) in [5.74, 6) is -0.964. The molecule has 0 aromatic carbocycles. The van der Waals surface area contributed by atoms with Gasteiger partial charge in [-0.05, 0) is 32.6 Å². The van der Waals surface area contributed by atoms with Gasteiger partial charge in [0.1, 0.15) is 6.04 Å². The standard InChI is InChI=1S/C10H17N3O2/c1-13(2)9(6-7(11)10(14)15)8-4-3-5-12-8/h3-5,7,9,12H,6,11H2,1-2H3,(H,14,15). The van der Waals surface area contributed by atoms with E-state index in [1.54, 1.807) is 0 Å². The molecule has 4 N–H and O–H groups in total. The topological polar surface area (TPSA) is 82.3 Å². The molecule has 1 aromatic heterocycles. The van der Waals surface area contributed by atoms with Gasteiger partial charge < -0.3 is 20.7 Å². The van der Waals surface area contributed by atoms with E-state index in [1.807, 2.05) is 37.3 Å². The van der Waals surface area contributed by atoms with Crippen molar-refractivity contribution in [2.45, 2.75) is 18.5 Å². The molecule has 0 bridgehead atoms. The molecule has 0 amide bonds. The van der Waals surface area contributed by atoms with Crippen molar-refractivity contribution in [3.05, 3.63) is 24.0 Å². The Kier molecular flexibility index (Phi) is 3.88. The number of H-pyrrole nitrogens is 1. The van der Waals surface area contributed by atoms with Gasteiger partial charge in [-0.3, -0.25) is 4.79 Å². The van der Waals surface area contributed by atoms with Crippen LogP contribution in [-0.2, 0) is 4.79 Å². The summed E-state index contributed by atoms with van der Waals surface area (Å²) >= 11 is 0. The summed E-state index contributed by atoms with van der Waals surface area (Å²) < 4.78 is 0. The normalized spacial score (nSPS) is 15.2. The number of rotatable bonds is 5. The van der Waals surface area contributed by atoms with Gasteiger partial charge in [-0.2, -0.15) is 0 Å². The molecule has 1 aromatic rings. The third-order valence-electron chi connectivity index (χ3n) is 2.40. The summed E-state index contributed by atoms with van der Waals surface area (Å²) in [5, 5.41) is 8.76. The van der Waals surface area contributed by atoms with Gasteiger partial charge in [0.25, 0.3) is 0 Å². The van der Waals surface area contributed by atoms with E-state index >= 15 is 0 Å². The number of carboxylic acid groups (broad SMARTS) is 1. The lowest BCUT2D eigenvalue weighted by molar-refractivity contribution is -0.139. The van der Waals surface area contributed by atoms with Gasteiger partial charge in [-0.25, -0.2) is 0 Å². The average Bonchev–Trinajstić information content (AvgIpc) is 2.65. The van der Waals surface area contributed by atoms with Gasteiger partial charge in [0.05, 0.1) is 6.04 Å². The highest BCUT2D eigenvalue weighted by atomic mass is 16.4. The number of hydrogen-bond acceptors (Lipinski definition) is 3. The zero-order chi connectivity index (χ0) is 11.4. The van der Waals surface area contributed by atoms with Crippen LogP contribution in [0.2, 0.25) is 0 Å². The Balaban J connectivity index is 2.72. The molecule has 84 valence electrons. The quantitative estimate of drug-likeness (QED) is 0.659. The summed E-state index contributed by atoms with van der Waals surface area (Å²) in [6, 6.07) is 2.99. The molecule has 2 unspecified atom stereocenters. The zero-order valence-corrected chi connectivity index (χ0v) is 8.97. The van der Waals surface area contributed by atoms with Crippen molar-refractivity contribution >= 4 is 5.97 Å². The summed E-state index contributed by atoms with van der Waals surface area (Å²) in [6.45, 7) is 0. The molecule has 0 saturated carbocycles. The third kappa shape index (κ3) is 3.07. The van der Waals surface area contributed by atoms with Gasteiger partial charge in [0, 0.05) is 11.9 Å². The number of aromatic amines is 1. The summed E-state index contributed by atoms with van der Waals surface area (Å²) in [6.07, 6.45) is 2.21. The molecule has 0 radical (unpaired) electrons. The first-order chi connectivity index (χ1) is 7.02. The monoisotopic (exact) mass is 211 g/mol. The largest absolute Gasteiger partial charge is 0.480 e. The predicted octanol–water partition coefficient (Wildman–Crippen LogP) is 0.419. The minimum Gasteiger partial charge on any atom is -0.480 e. The fourth-order valence-electron chi connectivity index (χ4n) is 1.51. The Morgan fingerprint density at radius 1 is 1.67 bits per heavy atom. The van der Waals surface area contributed by atoms with Crippen molar-refractivity contribution in [3.8, 4) is 0 Å². The van der Waals surface area contributed by atoms with E-state index in [9.17, 15) is 4.79 Å². The third-order valence-corrected chi connectivity index (χ3v) is 2.40. The molecule has 0 aliphatic carbocycles. The second-order valence-electron chi connectivity index (χ2n) is 3.79. The van der Waals surface area contributed by atoms with Gasteiger partial charge >= 0.3 is 5.97 Å². The number of nitrogens with two attached hydrogens (primary N) is 1. The lowest BCUT2D eigenvalue weighted by atomic mass is 10.0. The smallest absolute Gasteiger partial charge is 0.320 e. The Hall–Kier alpha value is -1.33. The molecular weight excluding hydrogens is 194 g/mol. The van der Waals surface area contributed by atoms with Crippen molar-refractivity contribution in [1.82, 2.24) is 9.88 Å². The summed E-state index contributed by atoms with van der Waals surface area (Å²) in [4.78, 5) is 15.7. The van der Waals surface area contributed by atoms with Crippen LogP contribution in [0.25, 0.3) is 0 Å². The number of aliphatic carboxylic acids is 1. The van der Waals surface area contributed by atoms with Gasteiger partial charge in [0.2, 0.25) is 0 Å². The van der Waals surface area contributed by atoms with Crippen molar-refractivity contribution in [2.75, 3.05) is 14.1 Å². The highest BCUT2D eigenvalue weighted by molar-refractivity contribution is 5.73. The lowest BCUT2D eigenvalue weighted by Crippen LogP contribution is -2.35. The second-order valence-corrected chi connectivity index (χ2v) is 3.79. The van der Waals surface area contributed by atoms with Gasteiger partial charge in [-0.15, -0.1) is 0 Å². The van der Waals surface area contributed by atoms with Crippen LogP contribution in [0.15, 0.2) is 18.3 Å². The molecule has 0 aliphatic rings. The molecule has 0 spiro atoms. The Morgan fingerprint density at radius 3 is 2.73 bits per heavy atom. The highest BCUT2D eigenvalue weighted by Crippen LogP contribution is 2.21. The van der Waals surface area contributed by atoms with Crippen LogP contribution < -0.4 is 5.73 Å². The number of aromatic nitrogens is 1. The maximum Gasteiger partial charge on any atom is 0.320 e. The van der Waals surface area contributed by atoms with Crippen molar-refractivity contribution in [3.63, 3.8) is 0 Å². The number of nitrogens with one attached hydrogen (secondary N) is 1. The SMILES string of the molecule is CN(C)C(CC(N)C(=O)O)c1ccc[nH]1. The maximum atomic E-state index is 10.7. The highest BCUT2D eigenvalue weighted by Gasteiger charge is 2.22.